The standard InChI is InChI=1S/C12H17N3O3/c1-7-5-13-8(2)11(14-7)15-4-3-9(12(17)18)10(16)6-15/h5,9-10,16H,3-4,6H2,1-2H3,(H,17,18)/t9-,10+/m0/s1. The van der Waals surface area contributed by atoms with Gasteiger partial charge in [0.1, 0.15) is 5.82 Å². The van der Waals surface area contributed by atoms with Gasteiger partial charge >= 0.3 is 5.97 Å². The average Bonchev–Trinajstić information content (AvgIpc) is 2.31. The number of rotatable bonds is 2. The first-order valence-electron chi connectivity index (χ1n) is 5.95. The lowest BCUT2D eigenvalue weighted by molar-refractivity contribution is -0.146. The Morgan fingerprint density at radius 2 is 2.22 bits per heavy atom. The van der Waals surface area contributed by atoms with Crippen molar-refractivity contribution < 1.29 is 15.0 Å². The first kappa shape index (κ1) is 12.8. The van der Waals surface area contributed by atoms with E-state index < -0.39 is 18.0 Å². The van der Waals surface area contributed by atoms with E-state index in [2.05, 4.69) is 9.97 Å². The maximum atomic E-state index is 10.9. The summed E-state index contributed by atoms with van der Waals surface area (Å²) in [4.78, 5) is 21.5. The Kier molecular flexibility index (Phi) is 3.47. The molecule has 1 saturated heterocycles. The van der Waals surface area contributed by atoms with Crippen molar-refractivity contribution in [1.82, 2.24) is 9.97 Å². The minimum atomic E-state index is -0.936. The van der Waals surface area contributed by atoms with Crippen LogP contribution in [0.25, 0.3) is 0 Å². The monoisotopic (exact) mass is 251 g/mol. The topological polar surface area (TPSA) is 86.6 Å². The number of aliphatic hydroxyl groups is 1. The van der Waals surface area contributed by atoms with Gasteiger partial charge < -0.3 is 15.1 Å². The number of aliphatic hydroxyl groups excluding tert-OH is 1. The number of carboxylic acids is 1. The van der Waals surface area contributed by atoms with Gasteiger partial charge in [-0.05, 0) is 20.3 Å². The van der Waals surface area contributed by atoms with Gasteiger partial charge in [-0.2, -0.15) is 0 Å². The molecule has 0 saturated carbocycles. The second kappa shape index (κ2) is 4.89. The molecular formula is C12H17N3O3. The summed E-state index contributed by atoms with van der Waals surface area (Å²) in [6.45, 7) is 4.58. The number of hydrogen-bond donors (Lipinski definition) is 2. The van der Waals surface area contributed by atoms with Crippen LogP contribution in [-0.2, 0) is 4.79 Å². The minimum Gasteiger partial charge on any atom is -0.481 e. The number of anilines is 1. The highest BCUT2D eigenvalue weighted by Gasteiger charge is 2.33. The molecule has 6 nitrogen and oxygen atoms in total. The van der Waals surface area contributed by atoms with Gasteiger partial charge in [0.2, 0.25) is 0 Å². The number of aryl methyl sites for hydroxylation is 2. The van der Waals surface area contributed by atoms with E-state index in [0.29, 0.717) is 13.0 Å². The Morgan fingerprint density at radius 1 is 1.50 bits per heavy atom. The fraction of sp³-hybridized carbons (Fsp3) is 0.583. The summed E-state index contributed by atoms with van der Waals surface area (Å²) in [6.07, 6.45) is 1.25. The number of hydrogen-bond acceptors (Lipinski definition) is 5. The number of β-amino-alcohol motifs (C(OH)–C–C–N with tert-alkyl or cyclic N) is 1. The van der Waals surface area contributed by atoms with Crippen LogP contribution in [0, 0.1) is 19.8 Å². The van der Waals surface area contributed by atoms with Crippen LogP contribution >= 0.6 is 0 Å². The molecule has 1 aromatic rings. The number of piperidine rings is 1. The third-order valence-corrected chi connectivity index (χ3v) is 3.25. The Labute approximate surface area is 105 Å². The van der Waals surface area contributed by atoms with Crippen LogP contribution < -0.4 is 4.90 Å². The first-order chi connectivity index (χ1) is 8.49. The molecule has 0 aromatic carbocycles. The Bertz CT molecular complexity index is 464. The van der Waals surface area contributed by atoms with Crippen LogP contribution in [0.15, 0.2) is 6.20 Å². The van der Waals surface area contributed by atoms with Crippen molar-refractivity contribution in [2.75, 3.05) is 18.0 Å². The summed E-state index contributed by atoms with van der Waals surface area (Å²) in [5.41, 5.74) is 1.60. The number of carboxylic acid groups (broad SMARTS) is 1. The van der Waals surface area contributed by atoms with E-state index in [1.807, 2.05) is 18.7 Å². The number of aliphatic carboxylic acids is 1. The predicted molar refractivity (Wildman–Crippen MR) is 65.5 cm³/mol. The molecule has 0 aliphatic carbocycles. The maximum absolute atomic E-state index is 10.9. The fourth-order valence-corrected chi connectivity index (χ4v) is 2.24. The van der Waals surface area contributed by atoms with Crippen molar-refractivity contribution >= 4 is 11.8 Å². The summed E-state index contributed by atoms with van der Waals surface area (Å²) in [5, 5.41) is 18.8. The molecule has 2 N–H and O–H groups in total. The quantitative estimate of drug-likeness (QED) is 0.789. The molecule has 0 spiro atoms. The van der Waals surface area contributed by atoms with Crippen LogP contribution in [0.3, 0.4) is 0 Å². The van der Waals surface area contributed by atoms with Crippen molar-refractivity contribution in [1.29, 1.82) is 0 Å². The average molecular weight is 251 g/mol. The minimum absolute atomic E-state index is 0.288. The molecule has 98 valence electrons. The molecule has 0 radical (unpaired) electrons. The zero-order chi connectivity index (χ0) is 13.3. The molecule has 0 amide bonds. The van der Waals surface area contributed by atoms with Gasteiger partial charge in [0.15, 0.2) is 0 Å². The van der Waals surface area contributed by atoms with Crippen molar-refractivity contribution in [3.63, 3.8) is 0 Å². The molecule has 6 heteroatoms. The molecule has 0 unspecified atom stereocenters. The van der Waals surface area contributed by atoms with Gasteiger partial charge in [-0.3, -0.25) is 9.78 Å². The molecule has 0 bridgehead atoms. The van der Waals surface area contributed by atoms with Gasteiger partial charge in [0.25, 0.3) is 0 Å². The summed E-state index contributed by atoms with van der Waals surface area (Å²) < 4.78 is 0. The van der Waals surface area contributed by atoms with Crippen LogP contribution in [-0.4, -0.2) is 45.3 Å². The molecule has 2 heterocycles. The van der Waals surface area contributed by atoms with Gasteiger partial charge in [-0.1, -0.05) is 0 Å². The van der Waals surface area contributed by atoms with Crippen LogP contribution in [0.1, 0.15) is 17.8 Å². The Balaban J connectivity index is 2.17. The normalized spacial score (nSPS) is 24.1. The smallest absolute Gasteiger partial charge is 0.309 e. The van der Waals surface area contributed by atoms with E-state index in [0.717, 1.165) is 17.2 Å². The second-order valence-electron chi connectivity index (χ2n) is 4.67. The first-order valence-corrected chi connectivity index (χ1v) is 5.95. The second-order valence-corrected chi connectivity index (χ2v) is 4.67. The molecule has 2 atom stereocenters. The molecule has 1 aromatic heterocycles. The molecule has 1 fully saturated rings. The highest BCUT2D eigenvalue weighted by Crippen LogP contribution is 2.24. The van der Waals surface area contributed by atoms with Crippen molar-refractivity contribution in [3.05, 3.63) is 17.6 Å². The lowest BCUT2D eigenvalue weighted by Gasteiger charge is -2.35. The lowest BCUT2D eigenvalue weighted by Crippen LogP contribution is -2.47. The van der Waals surface area contributed by atoms with Crippen molar-refractivity contribution in [3.8, 4) is 0 Å². The molecule has 18 heavy (non-hydrogen) atoms. The van der Waals surface area contributed by atoms with Crippen LogP contribution in [0.5, 0.6) is 0 Å². The van der Waals surface area contributed by atoms with Gasteiger partial charge in [0, 0.05) is 19.3 Å². The maximum Gasteiger partial charge on any atom is 0.309 e. The van der Waals surface area contributed by atoms with Crippen LogP contribution in [0.2, 0.25) is 0 Å². The van der Waals surface area contributed by atoms with E-state index in [1.165, 1.54) is 0 Å². The van der Waals surface area contributed by atoms with Gasteiger partial charge in [0.05, 0.1) is 23.4 Å². The Morgan fingerprint density at radius 3 is 2.83 bits per heavy atom. The van der Waals surface area contributed by atoms with Gasteiger partial charge in [-0.25, -0.2) is 4.98 Å². The highest BCUT2D eigenvalue weighted by atomic mass is 16.4. The van der Waals surface area contributed by atoms with E-state index in [9.17, 15) is 9.90 Å². The summed E-state index contributed by atoms with van der Waals surface area (Å²) >= 11 is 0. The van der Waals surface area contributed by atoms with E-state index >= 15 is 0 Å². The Hall–Kier alpha value is -1.69. The van der Waals surface area contributed by atoms with Crippen LogP contribution in [0.4, 0.5) is 5.82 Å². The number of nitrogens with zero attached hydrogens (tertiary/aromatic N) is 3. The van der Waals surface area contributed by atoms with E-state index in [1.54, 1.807) is 6.20 Å². The third-order valence-electron chi connectivity index (χ3n) is 3.25. The lowest BCUT2D eigenvalue weighted by atomic mass is 9.94. The number of aromatic nitrogens is 2. The third kappa shape index (κ3) is 2.43. The van der Waals surface area contributed by atoms with E-state index in [-0.39, 0.29) is 6.54 Å². The van der Waals surface area contributed by atoms with Crippen molar-refractivity contribution in [2.24, 2.45) is 5.92 Å². The highest BCUT2D eigenvalue weighted by molar-refractivity contribution is 5.71. The largest absolute Gasteiger partial charge is 0.481 e. The SMILES string of the molecule is Cc1cnc(C)c(N2CC[C@H](C(=O)O)[C@H](O)C2)n1. The summed E-state index contributed by atoms with van der Waals surface area (Å²) in [5.74, 6) is -0.883. The summed E-state index contributed by atoms with van der Waals surface area (Å²) in [6, 6.07) is 0. The molecular weight excluding hydrogens is 234 g/mol. The summed E-state index contributed by atoms with van der Waals surface area (Å²) in [7, 11) is 0. The zero-order valence-electron chi connectivity index (χ0n) is 10.5. The zero-order valence-corrected chi connectivity index (χ0v) is 10.5. The number of carbonyl (C=O) groups is 1. The molecule has 2 rings (SSSR count). The van der Waals surface area contributed by atoms with E-state index in [4.69, 9.17) is 5.11 Å². The molecule has 1 aliphatic rings. The predicted octanol–water partition coefficient (Wildman–Crippen LogP) is 0.365. The van der Waals surface area contributed by atoms with Gasteiger partial charge in [-0.15, -0.1) is 0 Å². The van der Waals surface area contributed by atoms with Crippen molar-refractivity contribution in [2.45, 2.75) is 26.4 Å². The molecule has 1 aliphatic heterocycles. The fourth-order valence-electron chi connectivity index (χ4n) is 2.24.